The van der Waals surface area contributed by atoms with Gasteiger partial charge in [0.1, 0.15) is 5.75 Å². The third kappa shape index (κ3) is 4.08. The number of allylic oxidation sites excluding steroid dienone is 4. The monoisotopic (exact) mass is 635 g/mol. The maximum absolute atomic E-state index is 15.1. The van der Waals surface area contributed by atoms with Crippen LogP contribution in [-0.4, -0.2) is 30.6 Å². The maximum atomic E-state index is 15.1. The summed E-state index contributed by atoms with van der Waals surface area (Å²) in [6, 6.07) is 30.5. The van der Waals surface area contributed by atoms with Crippen molar-refractivity contribution in [2.75, 3.05) is 0 Å². The second kappa shape index (κ2) is 10.9. The molecule has 1 saturated carbocycles. The molecule has 4 aromatic carbocycles. The predicted molar refractivity (Wildman–Crippen MR) is 182 cm³/mol. The van der Waals surface area contributed by atoms with Gasteiger partial charge < -0.3 is 5.11 Å². The summed E-state index contributed by atoms with van der Waals surface area (Å²) in [7, 11) is 0. The van der Waals surface area contributed by atoms with Crippen LogP contribution in [0.25, 0.3) is 11.3 Å². The third-order valence-electron chi connectivity index (χ3n) is 10.5. The summed E-state index contributed by atoms with van der Waals surface area (Å²) in [5.41, 5.74) is 2.68. The molecule has 1 aliphatic heterocycles. The maximum Gasteiger partial charge on any atom is 0.352 e. The smallest absolute Gasteiger partial charge is 0.352 e. The number of Topliss-reactive ketones (excluding diaryl/α,β-unsaturated/α-hetero) is 1. The molecule has 4 atom stereocenters. The molecular formula is C40H33N3O5. The Balaban J connectivity index is 1.44. The van der Waals surface area contributed by atoms with Gasteiger partial charge in [-0.05, 0) is 71.9 Å². The topological polar surface area (TPSA) is 103 Å². The molecule has 2 aliphatic carbocycles. The van der Waals surface area contributed by atoms with E-state index < -0.39 is 34.7 Å². The van der Waals surface area contributed by atoms with Gasteiger partial charge in [0, 0.05) is 17.4 Å². The van der Waals surface area contributed by atoms with E-state index in [4.69, 9.17) is 0 Å². The van der Waals surface area contributed by atoms with Gasteiger partial charge in [0.05, 0.1) is 23.7 Å². The molecular weight excluding hydrogens is 602 g/mol. The molecule has 3 aliphatic rings. The Kier molecular flexibility index (Phi) is 6.73. The van der Waals surface area contributed by atoms with E-state index in [1.165, 1.54) is 20.0 Å². The van der Waals surface area contributed by atoms with Gasteiger partial charge in [-0.15, -0.1) is 0 Å². The number of aromatic hydroxyl groups is 1. The number of aryl methyl sites for hydroxylation is 2. The average Bonchev–Trinajstić information content (AvgIpc) is 3.37. The van der Waals surface area contributed by atoms with E-state index in [0.717, 1.165) is 11.1 Å². The van der Waals surface area contributed by atoms with Crippen LogP contribution in [0, 0.1) is 19.8 Å². The van der Waals surface area contributed by atoms with Crippen LogP contribution in [-0.2, 0) is 21.5 Å². The zero-order valence-corrected chi connectivity index (χ0v) is 26.5. The summed E-state index contributed by atoms with van der Waals surface area (Å²) >= 11 is 0. The lowest BCUT2D eigenvalue weighted by Gasteiger charge is -2.54. The van der Waals surface area contributed by atoms with E-state index in [2.05, 4.69) is 0 Å². The van der Waals surface area contributed by atoms with Crippen LogP contribution in [0.4, 0.5) is 0 Å². The number of hydrogen-bond donors (Lipinski definition) is 1. The van der Waals surface area contributed by atoms with Crippen molar-refractivity contribution >= 4 is 17.1 Å². The van der Waals surface area contributed by atoms with Crippen molar-refractivity contribution in [1.82, 2.24) is 13.9 Å². The van der Waals surface area contributed by atoms with Crippen LogP contribution in [0.1, 0.15) is 46.2 Å². The summed E-state index contributed by atoms with van der Waals surface area (Å²) in [4.78, 5) is 58.2. The molecule has 0 unspecified atom stereocenters. The zero-order valence-electron chi connectivity index (χ0n) is 26.5. The lowest BCUT2D eigenvalue weighted by atomic mass is 9.47. The molecule has 8 heteroatoms. The van der Waals surface area contributed by atoms with Gasteiger partial charge in [-0.1, -0.05) is 97.1 Å². The Hall–Kier alpha value is -5.76. The van der Waals surface area contributed by atoms with E-state index in [1.54, 1.807) is 24.3 Å². The standard InChI is InChI=1S/C40H33N3O5/c1-24-20-27(21-25(2)36(24)45)35-30-18-19-41-38(47)42(29-16-10-5-11-17-29)39(48)43(41)33(30)23-32-37(46)31(26-12-6-3-7-13-26)22-34(44)40(32,35)28-14-8-4-9-15-28/h3-18,20-22,32-33,35,45H,19,23H2,1-2H3/t32-,33+,35-,40-/m0/s1. The van der Waals surface area contributed by atoms with Crippen LogP contribution >= 0.6 is 0 Å². The van der Waals surface area contributed by atoms with Crippen molar-refractivity contribution in [3.8, 4) is 11.4 Å². The molecule has 0 saturated heterocycles. The Bertz CT molecular complexity index is 2290. The highest BCUT2D eigenvalue weighted by atomic mass is 16.3. The van der Waals surface area contributed by atoms with E-state index in [0.29, 0.717) is 33.5 Å². The van der Waals surface area contributed by atoms with Gasteiger partial charge in [-0.2, -0.15) is 0 Å². The SMILES string of the molecule is Cc1cc([C@H]2C3=CCn4c(=O)n(-c5ccccc5)c(=O)n4[C@@H]3C[C@H]3C(=O)C(c4ccccc4)=CC(=O)[C@@]23c2ccccc2)cc(C)c1O. The highest BCUT2D eigenvalue weighted by Crippen LogP contribution is 2.61. The molecule has 1 N–H and O–H groups in total. The molecule has 5 aromatic rings. The van der Waals surface area contributed by atoms with Crippen molar-refractivity contribution in [2.24, 2.45) is 5.92 Å². The first kappa shape index (κ1) is 29.6. The summed E-state index contributed by atoms with van der Waals surface area (Å²) < 4.78 is 4.10. The number of aromatic nitrogens is 3. The molecule has 0 amide bonds. The van der Waals surface area contributed by atoms with Gasteiger partial charge in [-0.3, -0.25) is 9.59 Å². The molecule has 238 valence electrons. The molecule has 2 heterocycles. The summed E-state index contributed by atoms with van der Waals surface area (Å²) in [5, 5.41) is 10.8. The molecule has 8 rings (SSSR count). The highest BCUT2D eigenvalue weighted by molar-refractivity contribution is 6.31. The van der Waals surface area contributed by atoms with E-state index >= 15 is 4.79 Å². The Morgan fingerprint density at radius 1 is 0.771 bits per heavy atom. The Morgan fingerprint density at radius 2 is 1.38 bits per heavy atom. The fourth-order valence-electron chi connectivity index (χ4n) is 8.47. The normalized spacial score (nSPS) is 23.1. The number of fused-ring (bicyclic) bond motifs is 4. The van der Waals surface area contributed by atoms with Gasteiger partial charge in [0.25, 0.3) is 0 Å². The Morgan fingerprint density at radius 3 is 2.02 bits per heavy atom. The van der Waals surface area contributed by atoms with Crippen LogP contribution < -0.4 is 11.4 Å². The molecule has 0 spiro atoms. The van der Waals surface area contributed by atoms with E-state index in [9.17, 15) is 19.5 Å². The quantitative estimate of drug-likeness (QED) is 0.260. The lowest BCUT2D eigenvalue weighted by molar-refractivity contribution is -0.133. The van der Waals surface area contributed by atoms with Crippen molar-refractivity contribution in [2.45, 2.75) is 44.2 Å². The van der Waals surface area contributed by atoms with Crippen molar-refractivity contribution in [1.29, 1.82) is 0 Å². The minimum Gasteiger partial charge on any atom is -0.507 e. The van der Waals surface area contributed by atoms with Gasteiger partial charge in [0.2, 0.25) is 0 Å². The van der Waals surface area contributed by atoms with E-state index in [1.807, 2.05) is 98.8 Å². The first-order valence-corrected chi connectivity index (χ1v) is 16.1. The fraction of sp³-hybridized carbons (Fsp3) is 0.200. The number of hydrogen-bond acceptors (Lipinski definition) is 5. The minimum absolute atomic E-state index is 0.120. The van der Waals surface area contributed by atoms with Crippen LogP contribution in [0.5, 0.6) is 5.75 Å². The number of para-hydroxylation sites is 1. The highest BCUT2D eigenvalue weighted by Gasteiger charge is 2.63. The number of ketones is 2. The van der Waals surface area contributed by atoms with Gasteiger partial charge >= 0.3 is 11.4 Å². The molecule has 48 heavy (non-hydrogen) atoms. The van der Waals surface area contributed by atoms with Crippen molar-refractivity contribution in [3.63, 3.8) is 0 Å². The number of rotatable bonds is 4. The summed E-state index contributed by atoms with van der Waals surface area (Å²) in [5.74, 6) is -1.76. The number of carbonyl (C=O) groups is 2. The van der Waals surface area contributed by atoms with Gasteiger partial charge in [-0.25, -0.2) is 23.5 Å². The Labute approximate surface area is 276 Å². The minimum atomic E-state index is -1.34. The number of phenols is 1. The van der Waals surface area contributed by atoms with Crippen molar-refractivity contribution < 1.29 is 14.7 Å². The molecule has 0 radical (unpaired) electrons. The second-order valence-corrected chi connectivity index (χ2v) is 13.0. The zero-order chi connectivity index (χ0) is 33.3. The van der Waals surface area contributed by atoms with Gasteiger partial charge in [0.15, 0.2) is 11.6 Å². The third-order valence-corrected chi connectivity index (χ3v) is 10.5. The summed E-state index contributed by atoms with van der Waals surface area (Å²) in [6.45, 7) is 3.75. The molecule has 0 bridgehead atoms. The fourth-order valence-corrected chi connectivity index (χ4v) is 8.47. The van der Waals surface area contributed by atoms with E-state index in [-0.39, 0.29) is 30.3 Å². The molecule has 1 aromatic heterocycles. The second-order valence-electron chi connectivity index (χ2n) is 13.0. The number of benzene rings is 4. The largest absolute Gasteiger partial charge is 0.507 e. The summed E-state index contributed by atoms with van der Waals surface area (Å²) in [6.07, 6.45) is 3.60. The lowest BCUT2D eigenvalue weighted by Crippen LogP contribution is -2.58. The first-order chi connectivity index (χ1) is 23.2. The molecule has 1 fully saturated rings. The number of carbonyl (C=O) groups excluding carboxylic acids is 2. The first-order valence-electron chi connectivity index (χ1n) is 16.1. The van der Waals surface area contributed by atoms with Crippen LogP contribution in [0.3, 0.4) is 0 Å². The van der Waals surface area contributed by atoms with Crippen molar-refractivity contribution in [3.05, 3.63) is 170 Å². The van der Waals surface area contributed by atoms with Crippen LogP contribution in [0.2, 0.25) is 0 Å². The molecule has 8 nitrogen and oxygen atoms in total. The predicted octanol–water partition coefficient (Wildman–Crippen LogP) is 5.58. The number of phenolic OH excluding ortho intramolecular Hbond substituents is 1. The average molecular weight is 636 g/mol. The number of nitrogens with zero attached hydrogens (tertiary/aromatic N) is 3. The van der Waals surface area contributed by atoms with Crippen LogP contribution in [0.15, 0.2) is 130 Å².